The molecule has 1 aliphatic rings. The van der Waals surface area contributed by atoms with E-state index < -0.39 is 8.32 Å². The third kappa shape index (κ3) is 3.95. The molecule has 0 saturated heterocycles. The number of rotatable bonds is 7. The van der Waals surface area contributed by atoms with E-state index in [4.69, 9.17) is 9.16 Å². The molecule has 0 aromatic rings. The monoisotopic (exact) mass is 298 g/mol. The highest BCUT2D eigenvalue weighted by Crippen LogP contribution is 2.42. The zero-order valence-electron chi connectivity index (χ0n) is 13.8. The first-order valence-corrected chi connectivity index (χ1v) is 9.95. The van der Waals surface area contributed by atoms with Crippen LogP contribution in [0, 0.1) is 0 Å². The van der Waals surface area contributed by atoms with Crippen molar-refractivity contribution in [3.63, 3.8) is 0 Å². The van der Waals surface area contributed by atoms with Crippen LogP contribution in [0.5, 0.6) is 0 Å². The van der Waals surface area contributed by atoms with Crippen molar-refractivity contribution in [1.82, 2.24) is 0 Å². The molecule has 20 heavy (non-hydrogen) atoms. The topological polar surface area (TPSA) is 35.5 Å². The van der Waals surface area contributed by atoms with Gasteiger partial charge in [0.15, 0.2) is 8.32 Å². The van der Waals surface area contributed by atoms with Crippen LogP contribution >= 0.6 is 0 Å². The largest absolute Gasteiger partial charge is 0.459 e. The number of hydrogen-bond acceptors (Lipinski definition) is 3. The molecule has 0 amide bonds. The highest BCUT2D eigenvalue weighted by Gasteiger charge is 2.44. The highest BCUT2D eigenvalue weighted by atomic mass is 28.4. The molecule has 0 radical (unpaired) electrons. The molecule has 0 aromatic carbocycles. The van der Waals surface area contributed by atoms with Gasteiger partial charge in [0.05, 0.1) is 0 Å². The Morgan fingerprint density at radius 3 is 2.20 bits per heavy atom. The smallest absolute Gasteiger partial charge is 0.330 e. The van der Waals surface area contributed by atoms with Crippen LogP contribution in [-0.2, 0) is 14.0 Å². The van der Waals surface area contributed by atoms with Gasteiger partial charge in [-0.3, -0.25) is 0 Å². The van der Waals surface area contributed by atoms with Gasteiger partial charge in [0.1, 0.15) is 6.10 Å². The third-order valence-corrected chi connectivity index (χ3v) is 10.6. The third-order valence-electron chi connectivity index (χ3n) is 4.43. The van der Waals surface area contributed by atoms with Crippen molar-refractivity contribution in [1.29, 1.82) is 0 Å². The number of ether oxygens (including phenoxy) is 1. The Hall–Kier alpha value is -0.613. The molecule has 116 valence electrons. The van der Waals surface area contributed by atoms with Gasteiger partial charge in [-0.15, -0.1) is 0 Å². The van der Waals surface area contributed by atoms with Crippen LogP contribution in [0.3, 0.4) is 0 Å². The van der Waals surface area contributed by atoms with E-state index in [0.29, 0.717) is 23.2 Å². The van der Waals surface area contributed by atoms with Gasteiger partial charge < -0.3 is 9.16 Å². The predicted octanol–water partition coefficient (Wildman–Crippen LogP) is 4.44. The Kier molecular flexibility index (Phi) is 6.46. The molecule has 1 aliphatic heterocycles. The summed E-state index contributed by atoms with van der Waals surface area (Å²) in [7, 11) is -1.79. The van der Waals surface area contributed by atoms with Crippen LogP contribution < -0.4 is 0 Å². The average molecular weight is 298 g/mol. The predicted molar refractivity (Wildman–Crippen MR) is 85.3 cm³/mol. The van der Waals surface area contributed by atoms with Crippen LogP contribution in [0.4, 0.5) is 0 Å². The summed E-state index contributed by atoms with van der Waals surface area (Å²) in [5, 5.41) is 0. The van der Waals surface area contributed by atoms with Crippen LogP contribution in [0.1, 0.15) is 54.4 Å². The molecule has 1 heterocycles. The van der Waals surface area contributed by atoms with Gasteiger partial charge in [-0.05, 0) is 16.6 Å². The minimum Gasteiger partial charge on any atom is -0.459 e. The summed E-state index contributed by atoms with van der Waals surface area (Å²) in [6, 6.07) is 0. The Morgan fingerprint density at radius 2 is 1.75 bits per heavy atom. The van der Waals surface area contributed by atoms with Gasteiger partial charge in [0.2, 0.25) is 0 Å². The number of cyclic esters (lactones) is 1. The molecule has 0 saturated carbocycles. The molecule has 1 rings (SSSR count). The van der Waals surface area contributed by atoms with E-state index in [1.54, 1.807) is 0 Å². The van der Waals surface area contributed by atoms with Crippen molar-refractivity contribution in [3.05, 3.63) is 12.2 Å². The maximum Gasteiger partial charge on any atom is 0.330 e. The molecule has 1 atom stereocenters. The standard InChI is InChI=1S/C16H30O3Si/c1-12(2)20(13(3)4,14(5)6)18-11-10-15-8-7-9-16(17)19-15/h7,9,12-15H,8,10-11H2,1-6H3/t15-/m0/s1. The second kappa shape index (κ2) is 7.41. The molecule has 0 aliphatic carbocycles. The zero-order chi connectivity index (χ0) is 15.3. The Labute approximate surface area is 124 Å². The number of carbonyl (C=O) groups excluding carboxylic acids is 1. The Balaban J connectivity index is 2.59. The van der Waals surface area contributed by atoms with Gasteiger partial charge in [-0.25, -0.2) is 4.79 Å². The maximum absolute atomic E-state index is 11.2. The Bertz CT molecular complexity index is 326. The first kappa shape index (κ1) is 17.4. The second-order valence-electron chi connectivity index (χ2n) is 6.65. The molecule has 0 fully saturated rings. The van der Waals surface area contributed by atoms with Gasteiger partial charge in [-0.2, -0.15) is 0 Å². The average Bonchev–Trinajstić information content (AvgIpc) is 2.33. The van der Waals surface area contributed by atoms with E-state index in [1.807, 2.05) is 6.08 Å². The van der Waals surface area contributed by atoms with Gasteiger partial charge in [0, 0.05) is 25.5 Å². The fourth-order valence-electron chi connectivity index (χ4n) is 3.61. The van der Waals surface area contributed by atoms with E-state index in [9.17, 15) is 4.79 Å². The van der Waals surface area contributed by atoms with Crippen molar-refractivity contribution in [2.24, 2.45) is 0 Å². The number of hydrogen-bond donors (Lipinski definition) is 0. The SMILES string of the molecule is CC(C)[Si](OCC[C@@H]1CC=CC(=O)O1)(C(C)C)C(C)C. The molecule has 3 nitrogen and oxygen atoms in total. The van der Waals surface area contributed by atoms with E-state index >= 15 is 0 Å². The van der Waals surface area contributed by atoms with Crippen molar-refractivity contribution in [3.8, 4) is 0 Å². The second-order valence-corrected chi connectivity index (χ2v) is 12.1. The lowest BCUT2D eigenvalue weighted by atomic mass is 10.1. The summed E-state index contributed by atoms with van der Waals surface area (Å²) < 4.78 is 11.8. The molecular weight excluding hydrogens is 268 g/mol. The van der Waals surface area contributed by atoms with Crippen LogP contribution in [-0.4, -0.2) is 27.0 Å². The van der Waals surface area contributed by atoms with Crippen molar-refractivity contribution in [2.75, 3.05) is 6.61 Å². The van der Waals surface area contributed by atoms with Crippen LogP contribution in [0.25, 0.3) is 0 Å². The van der Waals surface area contributed by atoms with Crippen molar-refractivity contribution in [2.45, 2.75) is 77.1 Å². The minimum atomic E-state index is -1.79. The number of carbonyl (C=O) groups is 1. The quantitative estimate of drug-likeness (QED) is 0.515. The molecule has 4 heteroatoms. The summed E-state index contributed by atoms with van der Waals surface area (Å²) in [5.41, 5.74) is 1.78. The fraction of sp³-hybridized carbons (Fsp3) is 0.812. The summed E-state index contributed by atoms with van der Waals surface area (Å²) >= 11 is 0. The molecular formula is C16H30O3Si. The van der Waals surface area contributed by atoms with E-state index in [1.165, 1.54) is 6.08 Å². The minimum absolute atomic E-state index is 0.00862. The summed E-state index contributed by atoms with van der Waals surface area (Å²) in [4.78, 5) is 11.2. The molecule has 0 bridgehead atoms. The van der Waals surface area contributed by atoms with Crippen LogP contribution in [0.15, 0.2) is 12.2 Å². The fourth-order valence-corrected chi connectivity index (χ4v) is 9.08. The summed E-state index contributed by atoms with van der Waals surface area (Å²) in [5.74, 6) is -0.221. The highest BCUT2D eigenvalue weighted by molar-refractivity contribution is 6.77. The van der Waals surface area contributed by atoms with Gasteiger partial charge in [0.25, 0.3) is 0 Å². The van der Waals surface area contributed by atoms with E-state index in [0.717, 1.165) is 12.8 Å². The van der Waals surface area contributed by atoms with E-state index in [-0.39, 0.29) is 12.1 Å². The number of esters is 1. The van der Waals surface area contributed by atoms with Crippen molar-refractivity contribution >= 4 is 14.3 Å². The summed E-state index contributed by atoms with van der Waals surface area (Å²) in [6.45, 7) is 14.4. The molecule has 0 spiro atoms. The first-order chi connectivity index (χ1) is 9.30. The zero-order valence-corrected chi connectivity index (χ0v) is 14.8. The lowest BCUT2D eigenvalue weighted by Gasteiger charge is -2.42. The van der Waals surface area contributed by atoms with Gasteiger partial charge in [-0.1, -0.05) is 47.6 Å². The summed E-state index contributed by atoms with van der Waals surface area (Å²) in [6.07, 6.45) is 5.01. The Morgan fingerprint density at radius 1 is 1.20 bits per heavy atom. The maximum atomic E-state index is 11.2. The molecule has 0 aromatic heterocycles. The first-order valence-electron chi connectivity index (χ1n) is 7.81. The normalized spacial score (nSPS) is 20.1. The van der Waals surface area contributed by atoms with Crippen molar-refractivity contribution < 1.29 is 14.0 Å². The van der Waals surface area contributed by atoms with Crippen LogP contribution in [0.2, 0.25) is 16.6 Å². The van der Waals surface area contributed by atoms with E-state index in [2.05, 4.69) is 41.5 Å². The molecule has 0 unspecified atom stereocenters. The molecule has 0 N–H and O–H groups in total. The van der Waals surface area contributed by atoms with Gasteiger partial charge >= 0.3 is 5.97 Å². The lowest BCUT2D eigenvalue weighted by molar-refractivity contribution is -0.144. The lowest BCUT2D eigenvalue weighted by Crippen LogP contribution is -2.48.